The molecule has 8 N–H and O–H groups in total. The number of carbonyl (C=O) groups is 3. The number of nitrogens with one attached hydrogen (secondary N) is 3. The molecule has 5 rings (SSSR count). The molecule has 1 aliphatic heterocycles. The van der Waals surface area contributed by atoms with E-state index in [1.807, 2.05) is 54.6 Å². The molecule has 0 spiro atoms. The summed E-state index contributed by atoms with van der Waals surface area (Å²) in [4.78, 5) is 34.5. The third-order valence-corrected chi connectivity index (χ3v) is 7.03. The van der Waals surface area contributed by atoms with Crippen molar-refractivity contribution in [2.45, 2.75) is 31.9 Å². The van der Waals surface area contributed by atoms with E-state index in [0.717, 1.165) is 34.9 Å². The second kappa shape index (κ2) is 15.0. The first-order chi connectivity index (χ1) is 22.3. The van der Waals surface area contributed by atoms with Gasteiger partial charge in [0.05, 0.1) is 16.7 Å². The van der Waals surface area contributed by atoms with Crippen LogP contribution in [0.2, 0.25) is 0 Å². The fourth-order valence-electron chi connectivity index (χ4n) is 4.80. The average molecular weight is 648 g/mol. The van der Waals surface area contributed by atoms with E-state index in [0.29, 0.717) is 58.7 Å². The molecule has 1 aliphatic carbocycles. The maximum Gasteiger partial charge on any atom is 0.490 e. The van der Waals surface area contributed by atoms with Crippen LogP contribution in [0.25, 0.3) is 33.4 Å². The molecule has 10 nitrogen and oxygen atoms in total. The first kappa shape index (κ1) is 34.0. The van der Waals surface area contributed by atoms with Gasteiger partial charge in [0.15, 0.2) is 0 Å². The number of nitrogen functional groups attached to an aromatic ring is 2. The molecule has 0 aromatic heterocycles. The van der Waals surface area contributed by atoms with Gasteiger partial charge in [0, 0.05) is 52.9 Å². The van der Waals surface area contributed by atoms with E-state index in [2.05, 4.69) is 10.6 Å². The summed E-state index contributed by atoms with van der Waals surface area (Å²) in [5, 5.41) is 22.2. The quantitative estimate of drug-likeness (QED) is 0.0606. The van der Waals surface area contributed by atoms with Crippen molar-refractivity contribution >= 4 is 45.8 Å². The Morgan fingerprint density at radius 3 is 2.28 bits per heavy atom. The zero-order chi connectivity index (χ0) is 34.1. The number of nitrogens with two attached hydrogens (primary N) is 2. The van der Waals surface area contributed by atoms with Gasteiger partial charge in [-0.2, -0.15) is 13.2 Å². The maximum atomic E-state index is 13.3. The molecule has 0 bridgehead atoms. The topological polar surface area (TPSA) is 185 Å². The highest BCUT2D eigenvalue weighted by molar-refractivity contribution is 6.09. The van der Waals surface area contributed by atoms with Gasteiger partial charge in [-0.05, 0) is 60.9 Å². The van der Waals surface area contributed by atoms with Crippen LogP contribution in [0.4, 0.5) is 30.2 Å². The zero-order valence-corrected chi connectivity index (χ0v) is 25.0. The zero-order valence-electron chi connectivity index (χ0n) is 25.0. The van der Waals surface area contributed by atoms with Crippen molar-refractivity contribution in [1.29, 1.82) is 5.41 Å². The molecule has 0 saturated carbocycles. The van der Waals surface area contributed by atoms with Crippen LogP contribution in [0, 0.1) is 5.41 Å². The fraction of sp³-hybridized carbons (Fsp3) is 0.176. The minimum Gasteiger partial charge on any atom is -0.475 e. The molecule has 0 fully saturated rings. The molecular formula is C34H32F3N5O5. The summed E-state index contributed by atoms with van der Waals surface area (Å²) in [7, 11) is 0. The van der Waals surface area contributed by atoms with Crippen LogP contribution in [0.5, 0.6) is 0 Å². The third-order valence-electron chi connectivity index (χ3n) is 7.03. The number of hydrogen-bond donors (Lipinski definition) is 6. The van der Waals surface area contributed by atoms with E-state index in [1.54, 1.807) is 30.3 Å². The van der Waals surface area contributed by atoms with Gasteiger partial charge in [0.1, 0.15) is 11.3 Å². The van der Waals surface area contributed by atoms with Gasteiger partial charge in [0.2, 0.25) is 5.91 Å². The highest BCUT2D eigenvalue weighted by atomic mass is 19.4. The number of hydrogen-bond acceptors (Lipinski definition) is 7. The SMILES string of the molecule is N=c1ccc2c(-c3ccccc3C(=O)NCCCCCC(=O)Nc3ccccc3N)c3ccc(N)cc3oc-2c1.O=C(O)C(F)(F)F. The number of halogens is 3. The summed E-state index contributed by atoms with van der Waals surface area (Å²) < 4.78 is 37.8. The predicted octanol–water partition coefficient (Wildman–Crippen LogP) is 6.41. The van der Waals surface area contributed by atoms with Crippen LogP contribution in [0.1, 0.15) is 36.0 Å². The van der Waals surface area contributed by atoms with E-state index in [1.165, 1.54) is 0 Å². The summed E-state index contributed by atoms with van der Waals surface area (Å²) in [6.45, 7) is 0.491. The van der Waals surface area contributed by atoms with Gasteiger partial charge >= 0.3 is 12.1 Å². The van der Waals surface area contributed by atoms with Gasteiger partial charge in [0.25, 0.3) is 5.91 Å². The average Bonchev–Trinajstić information content (AvgIpc) is 3.02. The predicted molar refractivity (Wildman–Crippen MR) is 173 cm³/mol. The van der Waals surface area contributed by atoms with E-state index in [9.17, 15) is 22.8 Å². The molecule has 244 valence electrons. The molecule has 2 aliphatic rings. The molecular weight excluding hydrogens is 615 g/mol. The summed E-state index contributed by atoms with van der Waals surface area (Å²) in [5.41, 5.74) is 17.2. The van der Waals surface area contributed by atoms with E-state index < -0.39 is 12.1 Å². The van der Waals surface area contributed by atoms with Crippen molar-refractivity contribution in [1.82, 2.24) is 5.32 Å². The van der Waals surface area contributed by atoms with E-state index in [4.69, 9.17) is 31.2 Å². The Bertz CT molecular complexity index is 1940. The minimum absolute atomic E-state index is 0.0794. The molecule has 13 heteroatoms. The van der Waals surface area contributed by atoms with Crippen LogP contribution in [-0.2, 0) is 9.59 Å². The third kappa shape index (κ3) is 8.87. The molecule has 0 radical (unpaired) electrons. The van der Waals surface area contributed by atoms with E-state index >= 15 is 0 Å². The van der Waals surface area contributed by atoms with Crippen molar-refractivity contribution in [3.63, 3.8) is 0 Å². The Balaban J connectivity index is 0.000000644. The molecule has 47 heavy (non-hydrogen) atoms. The molecule has 0 unspecified atom stereocenters. The monoisotopic (exact) mass is 647 g/mol. The Morgan fingerprint density at radius 1 is 0.851 bits per heavy atom. The first-order valence-corrected chi connectivity index (χ1v) is 14.5. The Kier molecular flexibility index (Phi) is 10.8. The summed E-state index contributed by atoms with van der Waals surface area (Å²) in [5.74, 6) is -2.46. The van der Waals surface area contributed by atoms with Crippen molar-refractivity contribution in [3.8, 4) is 22.5 Å². The lowest BCUT2D eigenvalue weighted by atomic mass is 9.90. The summed E-state index contributed by atoms with van der Waals surface area (Å²) >= 11 is 0. The number of rotatable bonds is 9. The fourth-order valence-corrected chi connectivity index (χ4v) is 4.80. The normalized spacial score (nSPS) is 11.0. The lowest BCUT2D eigenvalue weighted by molar-refractivity contribution is -0.192. The molecule has 1 heterocycles. The number of anilines is 3. The van der Waals surface area contributed by atoms with Gasteiger partial charge in [-0.1, -0.05) is 36.8 Å². The first-order valence-electron chi connectivity index (χ1n) is 14.5. The molecule has 0 saturated heterocycles. The second-order valence-electron chi connectivity index (χ2n) is 10.5. The van der Waals surface area contributed by atoms with Crippen molar-refractivity contribution in [3.05, 3.63) is 95.8 Å². The smallest absolute Gasteiger partial charge is 0.475 e. The Hall–Kier alpha value is -5.85. The number of unbranched alkanes of at least 4 members (excludes halogenated alkanes) is 2. The number of fused-ring (bicyclic) bond motifs is 2. The largest absolute Gasteiger partial charge is 0.490 e. The lowest BCUT2D eigenvalue weighted by Crippen LogP contribution is -2.25. The number of aliphatic carboxylic acids is 1. The van der Waals surface area contributed by atoms with Crippen LogP contribution in [0.3, 0.4) is 0 Å². The van der Waals surface area contributed by atoms with Crippen LogP contribution >= 0.6 is 0 Å². The number of carboxylic acid groups (broad SMARTS) is 1. The van der Waals surface area contributed by atoms with Crippen LogP contribution in [-0.4, -0.2) is 35.6 Å². The van der Waals surface area contributed by atoms with E-state index in [-0.39, 0.29) is 11.8 Å². The highest BCUT2D eigenvalue weighted by Crippen LogP contribution is 2.41. The molecule has 2 amide bonds. The molecule has 3 aromatic rings. The number of para-hydroxylation sites is 2. The van der Waals surface area contributed by atoms with Gasteiger partial charge < -0.3 is 37.0 Å². The minimum atomic E-state index is -5.08. The number of alkyl halides is 3. The Morgan fingerprint density at radius 2 is 1.55 bits per heavy atom. The van der Waals surface area contributed by atoms with Crippen molar-refractivity contribution < 1.29 is 37.1 Å². The Labute approximate surface area is 267 Å². The van der Waals surface area contributed by atoms with Crippen LogP contribution < -0.4 is 27.5 Å². The van der Waals surface area contributed by atoms with Gasteiger partial charge in [-0.3, -0.25) is 9.59 Å². The second-order valence-corrected chi connectivity index (χ2v) is 10.5. The van der Waals surface area contributed by atoms with Crippen molar-refractivity contribution in [2.24, 2.45) is 0 Å². The number of benzene rings is 4. The lowest BCUT2D eigenvalue weighted by Gasteiger charge is -2.18. The van der Waals surface area contributed by atoms with Crippen LogP contribution in [0.15, 0.2) is 89.3 Å². The van der Waals surface area contributed by atoms with Gasteiger partial charge in [-0.25, -0.2) is 4.79 Å². The number of carboxylic acids is 1. The number of carbonyl (C=O) groups excluding carboxylic acids is 2. The van der Waals surface area contributed by atoms with Gasteiger partial charge in [-0.15, -0.1) is 0 Å². The van der Waals surface area contributed by atoms with Crippen molar-refractivity contribution in [2.75, 3.05) is 23.3 Å². The standard InChI is InChI=1S/C32H31N5O3.C2HF3O2/c33-20-13-15-24-28(18-20)40-29-19-21(34)14-16-25(29)31(24)22-8-3-4-9-23(22)32(39)36-17-7-1-2-12-30(38)37-27-11-6-5-10-26(27)35;3-2(4,5)1(6)7/h3-6,8-11,13-16,18-19,33H,1-2,7,12,17,34-35H2,(H,36,39)(H,37,38);(H,6,7). The maximum absolute atomic E-state index is 13.3. The summed E-state index contributed by atoms with van der Waals surface area (Å²) in [6.07, 6.45) is -2.45. The summed E-state index contributed by atoms with van der Waals surface area (Å²) in [6, 6.07) is 25.3. The molecule has 3 aromatic carbocycles. The number of amides is 2. The highest BCUT2D eigenvalue weighted by Gasteiger charge is 2.38. The molecule has 0 atom stereocenters.